The molecule has 1 atom stereocenters. The highest BCUT2D eigenvalue weighted by Gasteiger charge is 2.35. The van der Waals surface area contributed by atoms with Gasteiger partial charge in [-0.25, -0.2) is 0 Å². The highest BCUT2D eigenvalue weighted by Crippen LogP contribution is 2.41. The van der Waals surface area contributed by atoms with Crippen LogP contribution >= 0.6 is 8.03 Å². The third-order valence-corrected chi connectivity index (χ3v) is 5.80. The minimum absolute atomic E-state index is 0.296. The Labute approximate surface area is 106 Å². The largest absolute Gasteiger partial charge is 0.511 e. The summed E-state index contributed by atoms with van der Waals surface area (Å²) in [5.74, 6) is 0. The monoisotopic (exact) mass is 257 g/mol. The molecule has 0 aromatic carbocycles. The molecular weight excluding hydrogens is 231 g/mol. The van der Waals surface area contributed by atoms with Crippen LogP contribution in [0.5, 0.6) is 0 Å². The van der Waals surface area contributed by atoms with Crippen LogP contribution in [0.15, 0.2) is 0 Å². The fraction of sp³-hybridized carbons (Fsp3) is 1.00. The molecule has 0 radical (unpaired) electrons. The Balaban J connectivity index is 1.77. The van der Waals surface area contributed by atoms with Crippen LogP contribution in [0.1, 0.15) is 77.0 Å². The van der Waals surface area contributed by atoms with E-state index in [1.165, 1.54) is 51.4 Å². The van der Waals surface area contributed by atoms with Gasteiger partial charge in [0.2, 0.25) is 0 Å². The second-order valence-electron chi connectivity index (χ2n) is 5.65. The predicted octanol–water partition coefficient (Wildman–Crippen LogP) is 5.19. The highest BCUT2D eigenvalue weighted by molar-refractivity contribution is 7.40. The van der Waals surface area contributed by atoms with Crippen molar-refractivity contribution in [3.05, 3.63) is 0 Å². The molecule has 0 heterocycles. The highest BCUT2D eigenvalue weighted by atomic mass is 31.1. The summed E-state index contributed by atoms with van der Waals surface area (Å²) in [4.78, 5) is 0. The molecular formula is C14H26O2P+. The maximum Gasteiger partial charge on any atom is 0.511 e. The van der Waals surface area contributed by atoms with Gasteiger partial charge in [-0.15, -0.1) is 4.52 Å². The molecule has 2 saturated carbocycles. The van der Waals surface area contributed by atoms with Crippen LogP contribution in [0, 0.1) is 0 Å². The Morgan fingerprint density at radius 2 is 1.18 bits per heavy atom. The van der Waals surface area contributed by atoms with Crippen LogP contribution in [0.4, 0.5) is 0 Å². The van der Waals surface area contributed by atoms with Crippen LogP contribution in [-0.2, 0) is 9.09 Å². The summed E-state index contributed by atoms with van der Waals surface area (Å²) in [6.07, 6.45) is 15.2. The van der Waals surface area contributed by atoms with E-state index in [4.69, 9.17) is 4.52 Å². The van der Waals surface area contributed by atoms with Crippen molar-refractivity contribution < 1.29 is 9.09 Å². The molecule has 0 amide bonds. The van der Waals surface area contributed by atoms with Crippen LogP contribution in [-0.4, -0.2) is 11.8 Å². The minimum atomic E-state index is -1.40. The van der Waals surface area contributed by atoms with Crippen LogP contribution in [0.2, 0.25) is 0 Å². The van der Waals surface area contributed by atoms with E-state index in [9.17, 15) is 4.57 Å². The van der Waals surface area contributed by atoms with Crippen molar-refractivity contribution in [2.75, 3.05) is 0 Å². The third kappa shape index (κ3) is 4.67. The van der Waals surface area contributed by atoms with Crippen molar-refractivity contribution in [3.8, 4) is 0 Å². The van der Waals surface area contributed by atoms with Gasteiger partial charge >= 0.3 is 8.03 Å². The lowest BCUT2D eigenvalue weighted by Crippen LogP contribution is -2.11. The lowest BCUT2D eigenvalue weighted by molar-refractivity contribution is 0.192. The van der Waals surface area contributed by atoms with Gasteiger partial charge in [-0.3, -0.25) is 0 Å². The van der Waals surface area contributed by atoms with Gasteiger partial charge in [0.1, 0.15) is 6.10 Å². The Hall–Kier alpha value is 0.0600. The smallest absolute Gasteiger partial charge is 0.143 e. The quantitative estimate of drug-likeness (QED) is 0.513. The second-order valence-corrected chi connectivity index (χ2v) is 7.16. The minimum Gasteiger partial charge on any atom is -0.143 e. The summed E-state index contributed by atoms with van der Waals surface area (Å²) >= 11 is 0. The zero-order valence-electron chi connectivity index (χ0n) is 10.9. The Morgan fingerprint density at radius 3 is 1.71 bits per heavy atom. The zero-order chi connectivity index (χ0) is 11.9. The molecule has 17 heavy (non-hydrogen) atoms. The van der Waals surface area contributed by atoms with Gasteiger partial charge < -0.3 is 0 Å². The molecule has 0 saturated heterocycles. The molecule has 3 heteroatoms. The molecule has 0 N–H and O–H groups in total. The van der Waals surface area contributed by atoms with Crippen LogP contribution in [0.25, 0.3) is 0 Å². The first-order valence-corrected chi connectivity index (χ1v) is 8.74. The van der Waals surface area contributed by atoms with Gasteiger partial charge in [-0.2, -0.15) is 0 Å². The lowest BCUT2D eigenvalue weighted by atomic mass is 10.2. The van der Waals surface area contributed by atoms with Crippen molar-refractivity contribution in [1.82, 2.24) is 0 Å². The second kappa shape index (κ2) is 7.48. The zero-order valence-corrected chi connectivity index (χ0v) is 11.8. The van der Waals surface area contributed by atoms with E-state index in [1.54, 1.807) is 0 Å². The van der Waals surface area contributed by atoms with E-state index in [0.29, 0.717) is 11.8 Å². The normalized spacial score (nSPS) is 26.2. The fourth-order valence-electron chi connectivity index (χ4n) is 3.05. The van der Waals surface area contributed by atoms with Gasteiger partial charge in [0, 0.05) is 0 Å². The van der Waals surface area contributed by atoms with E-state index >= 15 is 0 Å². The van der Waals surface area contributed by atoms with Gasteiger partial charge in [0.25, 0.3) is 0 Å². The standard InChI is InChI=1S/C14H26O2P/c15-17(14-11-7-3-4-8-12-14)16-13-9-5-1-2-6-10-13/h13-14H,1-12H2/q+1. The Bertz CT molecular complexity index is 226. The Morgan fingerprint density at radius 1 is 0.706 bits per heavy atom. The van der Waals surface area contributed by atoms with Crippen molar-refractivity contribution in [1.29, 1.82) is 0 Å². The average Bonchev–Trinajstić information content (AvgIpc) is 2.72. The average molecular weight is 257 g/mol. The first kappa shape index (κ1) is 13.5. The lowest BCUT2D eigenvalue weighted by Gasteiger charge is -2.09. The summed E-state index contributed by atoms with van der Waals surface area (Å²) in [5.41, 5.74) is 0.357. The topological polar surface area (TPSA) is 26.3 Å². The molecule has 0 spiro atoms. The first-order valence-electron chi connectivity index (χ1n) is 7.49. The SMILES string of the molecule is O=[P+](OC1CCCCCC1)C1CCCCCC1. The molecule has 0 aromatic rings. The van der Waals surface area contributed by atoms with E-state index in [-0.39, 0.29) is 0 Å². The fourth-order valence-corrected chi connectivity index (χ4v) is 4.51. The van der Waals surface area contributed by atoms with Gasteiger partial charge in [-0.1, -0.05) is 38.5 Å². The number of rotatable bonds is 3. The summed E-state index contributed by atoms with van der Waals surface area (Å²) in [6, 6.07) is 0. The van der Waals surface area contributed by atoms with Gasteiger partial charge in [0.15, 0.2) is 5.66 Å². The summed E-state index contributed by atoms with van der Waals surface area (Å²) < 4.78 is 18.1. The third-order valence-electron chi connectivity index (χ3n) is 4.18. The maximum atomic E-state index is 12.3. The molecule has 2 aliphatic carbocycles. The van der Waals surface area contributed by atoms with E-state index in [2.05, 4.69) is 0 Å². The van der Waals surface area contributed by atoms with Crippen LogP contribution < -0.4 is 0 Å². The molecule has 2 rings (SSSR count). The molecule has 1 unspecified atom stereocenters. The van der Waals surface area contributed by atoms with Gasteiger partial charge in [-0.05, 0) is 43.1 Å². The molecule has 0 bridgehead atoms. The van der Waals surface area contributed by atoms with Crippen molar-refractivity contribution in [2.24, 2.45) is 0 Å². The molecule has 2 fully saturated rings. The Kier molecular flexibility index (Phi) is 5.94. The van der Waals surface area contributed by atoms with Gasteiger partial charge in [0.05, 0.1) is 0 Å². The number of hydrogen-bond donors (Lipinski definition) is 0. The van der Waals surface area contributed by atoms with Crippen molar-refractivity contribution in [2.45, 2.75) is 88.8 Å². The predicted molar refractivity (Wildman–Crippen MR) is 71.7 cm³/mol. The molecule has 2 aliphatic rings. The molecule has 0 aromatic heterocycles. The molecule has 98 valence electrons. The molecule has 0 aliphatic heterocycles. The summed E-state index contributed by atoms with van der Waals surface area (Å²) in [5, 5.41) is 0. The van der Waals surface area contributed by atoms with E-state index in [0.717, 1.165) is 25.7 Å². The van der Waals surface area contributed by atoms with Crippen molar-refractivity contribution >= 4 is 8.03 Å². The summed E-state index contributed by atoms with van der Waals surface area (Å²) in [6.45, 7) is 0. The first-order chi connectivity index (χ1) is 8.36. The molecule has 2 nitrogen and oxygen atoms in total. The van der Waals surface area contributed by atoms with E-state index < -0.39 is 8.03 Å². The van der Waals surface area contributed by atoms with Crippen LogP contribution in [0.3, 0.4) is 0 Å². The summed E-state index contributed by atoms with van der Waals surface area (Å²) in [7, 11) is -1.40. The van der Waals surface area contributed by atoms with Crippen molar-refractivity contribution in [3.63, 3.8) is 0 Å². The maximum absolute atomic E-state index is 12.3. The van der Waals surface area contributed by atoms with E-state index in [1.807, 2.05) is 0 Å². The number of hydrogen-bond acceptors (Lipinski definition) is 2.